The summed E-state index contributed by atoms with van der Waals surface area (Å²) in [5.74, 6) is 0.0236. The van der Waals surface area contributed by atoms with Crippen molar-refractivity contribution in [2.45, 2.75) is 50.0 Å². The molecule has 0 radical (unpaired) electrons. The predicted molar refractivity (Wildman–Crippen MR) is 88.3 cm³/mol. The molecule has 4 nitrogen and oxygen atoms in total. The van der Waals surface area contributed by atoms with Crippen molar-refractivity contribution in [2.75, 3.05) is 0 Å². The number of nitrogens with one attached hydrogen (secondary N) is 1. The third-order valence-corrected chi connectivity index (χ3v) is 6.57. The van der Waals surface area contributed by atoms with Crippen LogP contribution in [0.3, 0.4) is 0 Å². The number of aliphatic hydroxyl groups excluding tert-OH is 1. The summed E-state index contributed by atoms with van der Waals surface area (Å²) in [6, 6.07) is 2.49. The lowest BCUT2D eigenvalue weighted by Crippen LogP contribution is -2.47. The number of thiophene rings is 1. The Morgan fingerprint density at radius 1 is 1.48 bits per heavy atom. The van der Waals surface area contributed by atoms with Crippen LogP contribution in [-0.4, -0.2) is 25.7 Å². The fourth-order valence-corrected chi connectivity index (χ4v) is 4.81. The van der Waals surface area contributed by atoms with Crippen LogP contribution in [0.2, 0.25) is 4.34 Å². The minimum Gasteiger partial charge on any atom is -0.391 e. The van der Waals surface area contributed by atoms with Gasteiger partial charge in [0.2, 0.25) is 10.0 Å². The molecular formula is C14H22ClNO3S2. The van der Waals surface area contributed by atoms with Gasteiger partial charge in [0.05, 0.1) is 16.5 Å². The number of rotatable bonds is 8. The van der Waals surface area contributed by atoms with E-state index < -0.39 is 22.2 Å². The van der Waals surface area contributed by atoms with E-state index in [1.807, 2.05) is 32.9 Å². The molecule has 0 saturated carbocycles. The minimum absolute atomic E-state index is 0.0236. The fraction of sp³-hybridized carbons (Fsp3) is 0.571. The molecule has 0 aromatic carbocycles. The normalized spacial score (nSPS) is 17.0. The van der Waals surface area contributed by atoms with Gasteiger partial charge in [-0.05, 0) is 31.4 Å². The Morgan fingerprint density at radius 3 is 2.62 bits per heavy atom. The molecule has 0 aliphatic rings. The molecule has 0 fully saturated rings. The maximum atomic E-state index is 12.4. The highest BCUT2D eigenvalue weighted by Gasteiger charge is 2.29. The van der Waals surface area contributed by atoms with Gasteiger partial charge in [0, 0.05) is 0 Å². The van der Waals surface area contributed by atoms with Crippen molar-refractivity contribution in [3.63, 3.8) is 0 Å². The van der Waals surface area contributed by atoms with Crippen LogP contribution in [0, 0.1) is 5.92 Å². The van der Waals surface area contributed by atoms with Crippen LogP contribution in [0.5, 0.6) is 0 Å². The Kier molecular flexibility index (Phi) is 7.36. The standard InChI is InChI=1S/C14H22ClNO3S2/c1-4-6-7-11(17)14(10(3)5-2)16-21(18,19)13-9-8-12(15)20-13/h4,6,8-11,14,16-17H,5,7H2,1-3H3/b6-4+/t10-,11+,14+/m0/s1. The lowest BCUT2D eigenvalue weighted by atomic mass is 9.93. The minimum atomic E-state index is -3.66. The van der Waals surface area contributed by atoms with Crippen LogP contribution in [0.15, 0.2) is 28.5 Å². The molecule has 0 spiro atoms. The summed E-state index contributed by atoms with van der Waals surface area (Å²) in [7, 11) is -3.66. The second kappa shape index (κ2) is 8.29. The van der Waals surface area contributed by atoms with Crippen LogP contribution in [-0.2, 0) is 10.0 Å². The van der Waals surface area contributed by atoms with Gasteiger partial charge in [-0.2, -0.15) is 0 Å². The summed E-state index contributed by atoms with van der Waals surface area (Å²) in [5.41, 5.74) is 0. The third kappa shape index (κ3) is 5.38. The second-order valence-corrected chi connectivity index (χ2v) is 8.62. The first-order valence-electron chi connectivity index (χ1n) is 6.88. The third-order valence-electron chi connectivity index (χ3n) is 3.39. The Hall–Kier alpha value is -0.400. The Labute approximate surface area is 135 Å². The maximum Gasteiger partial charge on any atom is 0.250 e. The molecule has 0 bridgehead atoms. The molecule has 0 aliphatic heterocycles. The number of hydrogen-bond acceptors (Lipinski definition) is 4. The van der Waals surface area contributed by atoms with Crippen LogP contribution in [0.25, 0.3) is 0 Å². The number of hydrogen-bond donors (Lipinski definition) is 2. The average molecular weight is 352 g/mol. The van der Waals surface area contributed by atoms with Gasteiger partial charge in [0.1, 0.15) is 4.21 Å². The molecule has 0 aliphatic carbocycles. The molecule has 1 rings (SSSR count). The summed E-state index contributed by atoms with van der Waals surface area (Å²) in [5, 5.41) is 10.3. The highest BCUT2D eigenvalue weighted by atomic mass is 35.5. The van der Waals surface area contributed by atoms with Crippen LogP contribution >= 0.6 is 22.9 Å². The summed E-state index contributed by atoms with van der Waals surface area (Å²) < 4.78 is 27.9. The fourth-order valence-electron chi connectivity index (χ4n) is 1.93. The zero-order valence-corrected chi connectivity index (χ0v) is 14.8. The molecule has 21 heavy (non-hydrogen) atoms. The Bertz CT molecular complexity index is 569. The van der Waals surface area contributed by atoms with Gasteiger partial charge in [-0.3, -0.25) is 0 Å². The van der Waals surface area contributed by atoms with E-state index in [9.17, 15) is 13.5 Å². The monoisotopic (exact) mass is 351 g/mol. The van der Waals surface area contributed by atoms with Gasteiger partial charge in [0.25, 0.3) is 0 Å². The van der Waals surface area contributed by atoms with E-state index in [1.165, 1.54) is 6.07 Å². The summed E-state index contributed by atoms with van der Waals surface area (Å²) in [6.07, 6.45) is 4.09. The van der Waals surface area contributed by atoms with E-state index in [1.54, 1.807) is 6.07 Å². The maximum absolute atomic E-state index is 12.4. The number of allylic oxidation sites excluding steroid dienone is 1. The van der Waals surface area contributed by atoms with Crippen molar-refractivity contribution in [1.82, 2.24) is 4.72 Å². The molecule has 0 unspecified atom stereocenters. The van der Waals surface area contributed by atoms with E-state index >= 15 is 0 Å². The quantitative estimate of drug-likeness (QED) is 0.705. The molecule has 120 valence electrons. The van der Waals surface area contributed by atoms with E-state index in [2.05, 4.69) is 4.72 Å². The van der Waals surface area contributed by atoms with E-state index in [-0.39, 0.29) is 10.1 Å². The average Bonchev–Trinajstić information content (AvgIpc) is 2.88. The van der Waals surface area contributed by atoms with E-state index in [4.69, 9.17) is 11.6 Å². The summed E-state index contributed by atoms with van der Waals surface area (Å²) >= 11 is 6.80. The van der Waals surface area contributed by atoms with Crippen molar-refractivity contribution < 1.29 is 13.5 Å². The zero-order chi connectivity index (χ0) is 16.0. The Morgan fingerprint density at radius 2 is 2.14 bits per heavy atom. The van der Waals surface area contributed by atoms with Crippen LogP contribution < -0.4 is 4.72 Å². The zero-order valence-electron chi connectivity index (χ0n) is 12.4. The van der Waals surface area contributed by atoms with E-state index in [0.717, 1.165) is 17.8 Å². The second-order valence-electron chi connectivity index (χ2n) is 4.96. The van der Waals surface area contributed by atoms with Crippen molar-refractivity contribution in [1.29, 1.82) is 0 Å². The number of sulfonamides is 1. The van der Waals surface area contributed by atoms with Gasteiger partial charge in [0.15, 0.2) is 0 Å². The lowest BCUT2D eigenvalue weighted by molar-refractivity contribution is 0.114. The van der Waals surface area contributed by atoms with Gasteiger partial charge >= 0.3 is 0 Å². The lowest BCUT2D eigenvalue weighted by Gasteiger charge is -2.28. The van der Waals surface area contributed by atoms with Gasteiger partial charge in [-0.15, -0.1) is 11.3 Å². The van der Waals surface area contributed by atoms with Crippen LogP contribution in [0.1, 0.15) is 33.6 Å². The molecule has 0 amide bonds. The molecule has 2 N–H and O–H groups in total. The molecule has 1 aromatic heterocycles. The molecule has 1 aromatic rings. The summed E-state index contributed by atoms with van der Waals surface area (Å²) in [4.78, 5) is 0. The van der Waals surface area contributed by atoms with Crippen molar-refractivity contribution in [2.24, 2.45) is 5.92 Å². The van der Waals surface area contributed by atoms with E-state index in [0.29, 0.717) is 10.8 Å². The van der Waals surface area contributed by atoms with Gasteiger partial charge in [-0.1, -0.05) is 44.0 Å². The largest absolute Gasteiger partial charge is 0.391 e. The first-order chi connectivity index (χ1) is 9.81. The topological polar surface area (TPSA) is 66.4 Å². The highest BCUT2D eigenvalue weighted by Crippen LogP contribution is 2.26. The first kappa shape index (κ1) is 18.6. The van der Waals surface area contributed by atoms with Crippen molar-refractivity contribution in [3.05, 3.63) is 28.6 Å². The molecule has 7 heteroatoms. The highest BCUT2D eigenvalue weighted by molar-refractivity contribution is 7.91. The summed E-state index contributed by atoms with van der Waals surface area (Å²) in [6.45, 7) is 5.76. The molecule has 1 heterocycles. The van der Waals surface area contributed by atoms with Gasteiger partial charge in [-0.25, -0.2) is 13.1 Å². The number of aliphatic hydroxyl groups is 1. The van der Waals surface area contributed by atoms with Crippen LogP contribution in [0.4, 0.5) is 0 Å². The molecule has 0 saturated heterocycles. The predicted octanol–water partition coefficient (Wildman–Crippen LogP) is 3.42. The molecular weight excluding hydrogens is 330 g/mol. The molecule has 3 atom stereocenters. The van der Waals surface area contributed by atoms with Gasteiger partial charge < -0.3 is 5.11 Å². The van der Waals surface area contributed by atoms with Crippen molar-refractivity contribution in [3.8, 4) is 0 Å². The smallest absolute Gasteiger partial charge is 0.250 e. The van der Waals surface area contributed by atoms with Crippen molar-refractivity contribution >= 4 is 33.0 Å². The number of halogens is 1. The first-order valence-corrected chi connectivity index (χ1v) is 9.56. The SMILES string of the molecule is C/C=C/C[C@@H](O)[C@H](NS(=O)(=O)c1ccc(Cl)s1)[C@@H](C)CC. The Balaban J connectivity index is 2.95.